The summed E-state index contributed by atoms with van der Waals surface area (Å²) in [7, 11) is 0. The number of hydrogen-bond donors (Lipinski definition) is 5. The Hall–Kier alpha value is -2.55. The molecular weight excluding hydrogens is 330 g/mol. The van der Waals surface area contributed by atoms with E-state index < -0.39 is 5.91 Å². The number of nitrogens with zero attached hydrogens (tertiary/aromatic N) is 2. The molecule has 1 amide bonds. The molecule has 0 atom stereocenters. The highest BCUT2D eigenvalue weighted by molar-refractivity contribution is 9.10. The highest BCUT2D eigenvalue weighted by Gasteiger charge is 2.14. The van der Waals surface area contributed by atoms with Gasteiger partial charge >= 0.3 is 0 Å². The summed E-state index contributed by atoms with van der Waals surface area (Å²) in [6, 6.07) is 4.37. The fraction of sp³-hybridized carbons (Fsp3) is 0. The average Bonchev–Trinajstić information content (AvgIpc) is 2.89. The SMILES string of the molecule is N/C(=N/O)c1cn[nH]c1NC(=O)c1ccc(Br)c(O)c1. The van der Waals surface area contributed by atoms with E-state index in [1.165, 1.54) is 18.3 Å². The van der Waals surface area contributed by atoms with E-state index in [0.29, 0.717) is 4.47 Å². The number of amides is 1. The minimum absolute atomic E-state index is 0.0566. The molecule has 1 aromatic heterocycles. The van der Waals surface area contributed by atoms with Crippen molar-refractivity contribution in [3.05, 3.63) is 40.0 Å². The van der Waals surface area contributed by atoms with Crippen molar-refractivity contribution in [1.82, 2.24) is 10.2 Å². The van der Waals surface area contributed by atoms with Crippen molar-refractivity contribution in [3.63, 3.8) is 0 Å². The van der Waals surface area contributed by atoms with Crippen molar-refractivity contribution in [2.24, 2.45) is 10.9 Å². The molecule has 20 heavy (non-hydrogen) atoms. The van der Waals surface area contributed by atoms with E-state index in [9.17, 15) is 9.90 Å². The second-order valence-corrected chi connectivity index (χ2v) is 4.62. The maximum atomic E-state index is 12.0. The number of oxime groups is 1. The number of anilines is 1. The van der Waals surface area contributed by atoms with E-state index in [1.807, 2.05) is 0 Å². The van der Waals surface area contributed by atoms with Crippen LogP contribution in [0.25, 0.3) is 0 Å². The minimum Gasteiger partial charge on any atom is -0.507 e. The summed E-state index contributed by atoms with van der Waals surface area (Å²) in [5.41, 5.74) is 5.93. The number of hydrogen-bond acceptors (Lipinski definition) is 5. The monoisotopic (exact) mass is 339 g/mol. The summed E-state index contributed by atoms with van der Waals surface area (Å²) in [4.78, 5) is 12.0. The molecule has 0 aliphatic rings. The summed E-state index contributed by atoms with van der Waals surface area (Å²) in [5.74, 6) is -0.539. The molecule has 104 valence electrons. The molecule has 9 heteroatoms. The zero-order valence-electron chi connectivity index (χ0n) is 9.96. The number of halogens is 1. The third kappa shape index (κ3) is 2.72. The van der Waals surface area contributed by atoms with Gasteiger partial charge in [0.05, 0.1) is 16.2 Å². The number of aromatic hydroxyl groups is 1. The highest BCUT2D eigenvalue weighted by atomic mass is 79.9. The molecule has 0 aliphatic carbocycles. The predicted molar refractivity (Wildman–Crippen MR) is 74.9 cm³/mol. The van der Waals surface area contributed by atoms with Crippen LogP contribution in [0.3, 0.4) is 0 Å². The quantitative estimate of drug-likeness (QED) is 0.248. The van der Waals surface area contributed by atoms with Gasteiger partial charge in [-0.05, 0) is 34.1 Å². The molecule has 1 heterocycles. The van der Waals surface area contributed by atoms with Gasteiger partial charge in [0.25, 0.3) is 5.91 Å². The lowest BCUT2D eigenvalue weighted by atomic mass is 10.2. The summed E-state index contributed by atoms with van der Waals surface area (Å²) in [5, 5.41) is 29.7. The molecule has 0 saturated carbocycles. The normalized spacial score (nSPS) is 11.3. The van der Waals surface area contributed by atoms with Crippen LogP contribution in [0.5, 0.6) is 5.75 Å². The standard InChI is InChI=1S/C11H10BrN5O3/c12-7-2-1-5(3-8(7)18)11(19)15-10-6(4-14-16-10)9(13)17-20/h1-4,18,20H,(H2,13,17)(H2,14,15,16,19). The van der Waals surface area contributed by atoms with Crippen LogP contribution in [0.1, 0.15) is 15.9 Å². The molecule has 0 bridgehead atoms. The molecule has 8 nitrogen and oxygen atoms in total. The van der Waals surface area contributed by atoms with Gasteiger partial charge in [-0.15, -0.1) is 0 Å². The number of phenols is 1. The Kier molecular flexibility index (Phi) is 3.89. The van der Waals surface area contributed by atoms with E-state index in [1.54, 1.807) is 6.07 Å². The average molecular weight is 340 g/mol. The van der Waals surface area contributed by atoms with Crippen molar-refractivity contribution >= 4 is 33.5 Å². The minimum atomic E-state index is -0.482. The molecule has 0 unspecified atom stereocenters. The summed E-state index contributed by atoms with van der Waals surface area (Å²) in [6.45, 7) is 0. The Balaban J connectivity index is 2.24. The first-order chi connectivity index (χ1) is 9.52. The van der Waals surface area contributed by atoms with Gasteiger partial charge in [-0.1, -0.05) is 5.16 Å². The van der Waals surface area contributed by atoms with Crippen LogP contribution >= 0.6 is 15.9 Å². The Labute approximate surface area is 121 Å². The zero-order chi connectivity index (χ0) is 14.7. The van der Waals surface area contributed by atoms with Crippen molar-refractivity contribution in [3.8, 4) is 5.75 Å². The Bertz CT molecular complexity index is 682. The van der Waals surface area contributed by atoms with E-state index in [2.05, 4.69) is 36.6 Å². The second-order valence-electron chi connectivity index (χ2n) is 3.76. The van der Waals surface area contributed by atoms with Gasteiger partial charge in [0, 0.05) is 5.56 Å². The van der Waals surface area contributed by atoms with Gasteiger partial charge in [0.15, 0.2) is 5.84 Å². The first-order valence-electron chi connectivity index (χ1n) is 5.34. The van der Waals surface area contributed by atoms with Crippen molar-refractivity contribution in [1.29, 1.82) is 0 Å². The van der Waals surface area contributed by atoms with Crippen molar-refractivity contribution < 1.29 is 15.1 Å². The van der Waals surface area contributed by atoms with Crippen LogP contribution in [0.4, 0.5) is 5.82 Å². The molecule has 0 saturated heterocycles. The number of nitrogens with two attached hydrogens (primary N) is 1. The third-order valence-electron chi connectivity index (χ3n) is 2.47. The molecule has 2 rings (SSSR count). The number of aromatic amines is 1. The lowest BCUT2D eigenvalue weighted by Crippen LogP contribution is -2.18. The first kappa shape index (κ1) is 13.9. The molecule has 1 aromatic carbocycles. The van der Waals surface area contributed by atoms with Crippen LogP contribution in [-0.2, 0) is 0 Å². The number of aromatic nitrogens is 2. The van der Waals surface area contributed by atoms with Crippen LogP contribution in [0.2, 0.25) is 0 Å². The van der Waals surface area contributed by atoms with E-state index in [0.717, 1.165) is 0 Å². The number of H-pyrrole nitrogens is 1. The molecule has 6 N–H and O–H groups in total. The van der Waals surface area contributed by atoms with Gasteiger partial charge in [-0.2, -0.15) is 5.10 Å². The van der Waals surface area contributed by atoms with Crippen molar-refractivity contribution in [2.45, 2.75) is 0 Å². The molecule has 2 aromatic rings. The number of nitrogens with one attached hydrogen (secondary N) is 2. The van der Waals surface area contributed by atoms with E-state index in [4.69, 9.17) is 10.9 Å². The zero-order valence-corrected chi connectivity index (χ0v) is 11.5. The molecule has 0 radical (unpaired) electrons. The third-order valence-corrected chi connectivity index (χ3v) is 3.14. The largest absolute Gasteiger partial charge is 0.507 e. The van der Waals surface area contributed by atoms with Crippen molar-refractivity contribution in [2.75, 3.05) is 5.32 Å². The summed E-state index contributed by atoms with van der Waals surface area (Å²) >= 11 is 3.12. The van der Waals surface area contributed by atoms with Gasteiger partial charge in [0.2, 0.25) is 0 Å². The van der Waals surface area contributed by atoms with E-state index >= 15 is 0 Å². The van der Waals surface area contributed by atoms with Gasteiger partial charge in [-0.3, -0.25) is 9.89 Å². The number of amidine groups is 1. The molecule has 0 spiro atoms. The second kappa shape index (κ2) is 5.61. The van der Waals surface area contributed by atoms with Gasteiger partial charge in [-0.25, -0.2) is 0 Å². The summed E-state index contributed by atoms with van der Waals surface area (Å²) in [6.07, 6.45) is 1.31. The van der Waals surface area contributed by atoms with Crippen LogP contribution in [0, 0.1) is 0 Å². The Morgan fingerprint density at radius 1 is 1.50 bits per heavy atom. The van der Waals surface area contributed by atoms with Crippen LogP contribution in [0.15, 0.2) is 34.0 Å². The number of rotatable bonds is 3. The Morgan fingerprint density at radius 2 is 2.25 bits per heavy atom. The molecule has 0 aliphatic heterocycles. The number of carbonyl (C=O) groups excluding carboxylic acids is 1. The number of phenolic OH excluding ortho intramolecular Hbond substituents is 1. The first-order valence-corrected chi connectivity index (χ1v) is 6.13. The maximum absolute atomic E-state index is 12.0. The van der Waals surface area contributed by atoms with Crippen LogP contribution in [-0.4, -0.2) is 32.3 Å². The fourth-order valence-electron chi connectivity index (χ4n) is 1.47. The topological polar surface area (TPSA) is 137 Å². The highest BCUT2D eigenvalue weighted by Crippen LogP contribution is 2.24. The fourth-order valence-corrected chi connectivity index (χ4v) is 1.72. The van der Waals surface area contributed by atoms with Gasteiger partial charge < -0.3 is 21.4 Å². The number of benzene rings is 1. The van der Waals surface area contributed by atoms with E-state index in [-0.39, 0.29) is 28.5 Å². The number of carbonyl (C=O) groups is 1. The Morgan fingerprint density at radius 3 is 2.90 bits per heavy atom. The molecular formula is C11H10BrN5O3. The maximum Gasteiger partial charge on any atom is 0.256 e. The van der Waals surface area contributed by atoms with Gasteiger partial charge in [0.1, 0.15) is 11.6 Å². The predicted octanol–water partition coefficient (Wildman–Crippen LogP) is 1.22. The smallest absolute Gasteiger partial charge is 0.256 e. The molecule has 0 fully saturated rings. The lowest BCUT2D eigenvalue weighted by molar-refractivity contribution is 0.102. The van der Waals surface area contributed by atoms with Crippen LogP contribution < -0.4 is 11.1 Å². The summed E-state index contributed by atoms with van der Waals surface area (Å²) < 4.78 is 0.480. The lowest BCUT2D eigenvalue weighted by Gasteiger charge is -2.06.